The van der Waals surface area contributed by atoms with E-state index in [2.05, 4.69) is 10.1 Å². The number of alkyl halides is 2. The second-order valence-electron chi connectivity index (χ2n) is 4.01. The number of aliphatic hydroxyl groups excluding tert-OH is 1. The summed E-state index contributed by atoms with van der Waals surface area (Å²) in [5.74, 6) is -0.753. The number of aliphatic hydroxyl groups is 1. The number of para-hydroxylation sites is 1. The summed E-state index contributed by atoms with van der Waals surface area (Å²) >= 11 is 0. The molecule has 7 heteroatoms. The molecule has 112 valence electrons. The van der Waals surface area contributed by atoms with E-state index in [9.17, 15) is 13.6 Å². The monoisotopic (exact) mass is 289 g/mol. The lowest BCUT2D eigenvalue weighted by Gasteiger charge is -2.18. The van der Waals surface area contributed by atoms with E-state index in [1.165, 1.54) is 25.3 Å². The highest BCUT2D eigenvalue weighted by Crippen LogP contribution is 2.20. The number of hydrogen-bond acceptors (Lipinski definition) is 4. The molecule has 0 aliphatic rings. The number of methoxy groups -OCH3 is 1. The zero-order valence-electron chi connectivity index (χ0n) is 11.0. The topological polar surface area (TPSA) is 67.8 Å². The molecule has 1 rings (SSSR count). The van der Waals surface area contributed by atoms with Crippen molar-refractivity contribution in [2.24, 2.45) is 0 Å². The van der Waals surface area contributed by atoms with Crippen molar-refractivity contribution in [3.63, 3.8) is 0 Å². The van der Waals surface area contributed by atoms with E-state index in [1.54, 1.807) is 6.07 Å². The fourth-order valence-corrected chi connectivity index (χ4v) is 1.67. The maximum atomic E-state index is 12.3. The molecule has 0 fully saturated rings. The molecule has 0 saturated heterocycles. The minimum absolute atomic E-state index is 0.00634. The molecule has 0 aliphatic heterocycles. The van der Waals surface area contributed by atoms with Crippen LogP contribution in [-0.4, -0.2) is 44.0 Å². The number of benzene rings is 1. The van der Waals surface area contributed by atoms with Gasteiger partial charge in [-0.3, -0.25) is 4.79 Å². The van der Waals surface area contributed by atoms with E-state index in [0.717, 1.165) is 0 Å². The Labute approximate surface area is 115 Å². The van der Waals surface area contributed by atoms with Crippen molar-refractivity contribution in [3.8, 4) is 5.75 Å². The van der Waals surface area contributed by atoms with Crippen LogP contribution in [0.2, 0.25) is 0 Å². The minimum atomic E-state index is -3.00. The molecule has 1 aromatic rings. The molecule has 0 aromatic heterocycles. The van der Waals surface area contributed by atoms with Crippen LogP contribution in [0.5, 0.6) is 5.75 Å². The van der Waals surface area contributed by atoms with Gasteiger partial charge in [-0.15, -0.1) is 0 Å². The fraction of sp³-hybridized carbons (Fsp3) is 0.462. The quantitative estimate of drug-likeness (QED) is 0.759. The first-order valence-electron chi connectivity index (χ1n) is 6.03. The van der Waals surface area contributed by atoms with E-state index in [-0.39, 0.29) is 24.5 Å². The molecule has 20 heavy (non-hydrogen) atoms. The van der Waals surface area contributed by atoms with E-state index >= 15 is 0 Å². The van der Waals surface area contributed by atoms with Crippen molar-refractivity contribution >= 4 is 5.91 Å². The summed E-state index contributed by atoms with van der Waals surface area (Å²) in [7, 11) is 1.46. The summed E-state index contributed by atoms with van der Waals surface area (Å²) in [6.07, 6.45) is 0.303. The summed E-state index contributed by atoms with van der Waals surface area (Å²) in [5, 5.41) is 11.5. The van der Waals surface area contributed by atoms with Crippen LogP contribution in [-0.2, 0) is 4.74 Å². The van der Waals surface area contributed by atoms with Gasteiger partial charge in [-0.1, -0.05) is 12.1 Å². The zero-order chi connectivity index (χ0) is 15.0. The van der Waals surface area contributed by atoms with Gasteiger partial charge in [0.1, 0.15) is 5.75 Å². The van der Waals surface area contributed by atoms with Crippen LogP contribution in [0, 0.1) is 0 Å². The van der Waals surface area contributed by atoms with Gasteiger partial charge >= 0.3 is 6.61 Å². The van der Waals surface area contributed by atoms with Gasteiger partial charge in [0, 0.05) is 13.7 Å². The number of carbonyl (C=O) groups is 1. The lowest BCUT2D eigenvalue weighted by molar-refractivity contribution is -0.0501. The van der Waals surface area contributed by atoms with Crippen LogP contribution < -0.4 is 10.1 Å². The number of rotatable bonds is 8. The maximum absolute atomic E-state index is 12.3. The second-order valence-corrected chi connectivity index (χ2v) is 4.01. The third-order valence-corrected chi connectivity index (χ3v) is 2.53. The van der Waals surface area contributed by atoms with Crippen molar-refractivity contribution in [3.05, 3.63) is 29.8 Å². The van der Waals surface area contributed by atoms with Crippen molar-refractivity contribution in [2.75, 3.05) is 20.3 Å². The highest BCUT2D eigenvalue weighted by molar-refractivity contribution is 5.97. The van der Waals surface area contributed by atoms with Crippen LogP contribution in [0.15, 0.2) is 24.3 Å². The first-order valence-corrected chi connectivity index (χ1v) is 6.03. The summed E-state index contributed by atoms with van der Waals surface area (Å²) in [5.41, 5.74) is 0.00634. The van der Waals surface area contributed by atoms with E-state index < -0.39 is 18.6 Å². The van der Waals surface area contributed by atoms with E-state index in [1.807, 2.05) is 0 Å². The molecular formula is C13H17F2NO4. The Hall–Kier alpha value is -1.73. The van der Waals surface area contributed by atoms with Crippen LogP contribution >= 0.6 is 0 Å². The van der Waals surface area contributed by atoms with Crippen LogP contribution in [0.25, 0.3) is 0 Å². The highest BCUT2D eigenvalue weighted by Gasteiger charge is 2.18. The van der Waals surface area contributed by atoms with Gasteiger partial charge in [-0.2, -0.15) is 8.78 Å². The Morgan fingerprint density at radius 2 is 2.10 bits per heavy atom. The zero-order valence-corrected chi connectivity index (χ0v) is 11.0. The molecule has 5 nitrogen and oxygen atoms in total. The Morgan fingerprint density at radius 1 is 1.40 bits per heavy atom. The number of ether oxygens (including phenoxy) is 2. The molecule has 1 atom stereocenters. The van der Waals surface area contributed by atoms with Crippen molar-refractivity contribution in [2.45, 2.75) is 19.1 Å². The minimum Gasteiger partial charge on any atom is -0.434 e. The maximum Gasteiger partial charge on any atom is 0.387 e. The SMILES string of the molecule is COCC(CCO)NC(=O)c1ccccc1OC(F)F. The standard InChI is InChI=1S/C13H17F2NO4/c1-19-8-9(6-7-17)16-12(18)10-4-2-3-5-11(10)20-13(14)15/h2-5,9,13,17H,6-8H2,1H3,(H,16,18). The molecule has 1 unspecified atom stereocenters. The molecule has 1 aromatic carbocycles. The lowest BCUT2D eigenvalue weighted by atomic mass is 10.1. The number of halogens is 2. The molecule has 0 spiro atoms. The molecule has 1 amide bonds. The summed E-state index contributed by atoms with van der Waals surface area (Å²) in [6, 6.07) is 5.31. The van der Waals surface area contributed by atoms with E-state index in [4.69, 9.17) is 9.84 Å². The molecule has 0 saturated carbocycles. The molecule has 0 radical (unpaired) electrons. The van der Waals surface area contributed by atoms with E-state index in [0.29, 0.717) is 6.42 Å². The van der Waals surface area contributed by atoms with Gasteiger partial charge in [0.25, 0.3) is 5.91 Å². The van der Waals surface area contributed by atoms with Crippen molar-refractivity contribution < 1.29 is 28.2 Å². The highest BCUT2D eigenvalue weighted by atomic mass is 19.3. The van der Waals surface area contributed by atoms with Gasteiger partial charge in [0.2, 0.25) is 0 Å². The summed E-state index contributed by atoms with van der Waals surface area (Å²) in [4.78, 5) is 12.0. The Morgan fingerprint density at radius 3 is 2.70 bits per heavy atom. The number of nitrogens with one attached hydrogen (secondary N) is 1. The number of amides is 1. The number of hydrogen-bond donors (Lipinski definition) is 2. The van der Waals surface area contributed by atoms with Crippen LogP contribution in [0.4, 0.5) is 8.78 Å². The Kier molecular flexibility index (Phi) is 6.89. The van der Waals surface area contributed by atoms with Crippen molar-refractivity contribution in [1.82, 2.24) is 5.32 Å². The smallest absolute Gasteiger partial charge is 0.387 e. The largest absolute Gasteiger partial charge is 0.434 e. The van der Waals surface area contributed by atoms with Crippen LogP contribution in [0.1, 0.15) is 16.8 Å². The summed E-state index contributed by atoms with van der Waals surface area (Å²) in [6.45, 7) is -2.91. The first kappa shape index (κ1) is 16.3. The van der Waals surface area contributed by atoms with Gasteiger partial charge < -0.3 is 19.9 Å². The van der Waals surface area contributed by atoms with Gasteiger partial charge in [0.05, 0.1) is 18.2 Å². The Bertz CT molecular complexity index is 423. The predicted octanol–water partition coefficient (Wildman–Crippen LogP) is 1.42. The van der Waals surface area contributed by atoms with Gasteiger partial charge in [0.15, 0.2) is 0 Å². The second kappa shape index (κ2) is 8.44. The first-order chi connectivity index (χ1) is 9.58. The fourth-order valence-electron chi connectivity index (χ4n) is 1.67. The lowest BCUT2D eigenvalue weighted by Crippen LogP contribution is -2.38. The average Bonchev–Trinajstić information content (AvgIpc) is 2.39. The molecule has 0 bridgehead atoms. The third-order valence-electron chi connectivity index (χ3n) is 2.53. The van der Waals surface area contributed by atoms with Crippen LogP contribution in [0.3, 0.4) is 0 Å². The normalized spacial score (nSPS) is 12.2. The van der Waals surface area contributed by atoms with Gasteiger partial charge in [-0.05, 0) is 18.6 Å². The van der Waals surface area contributed by atoms with Crippen molar-refractivity contribution in [1.29, 1.82) is 0 Å². The Balaban J connectivity index is 2.80. The molecule has 0 aliphatic carbocycles. The molecular weight excluding hydrogens is 272 g/mol. The average molecular weight is 289 g/mol. The summed E-state index contributed by atoms with van der Waals surface area (Å²) < 4.78 is 33.7. The molecule has 2 N–H and O–H groups in total. The molecule has 0 heterocycles. The van der Waals surface area contributed by atoms with Gasteiger partial charge in [-0.25, -0.2) is 0 Å². The number of carbonyl (C=O) groups excluding carboxylic acids is 1. The third kappa shape index (κ3) is 5.10. The predicted molar refractivity (Wildman–Crippen MR) is 67.9 cm³/mol.